The number of thiophene rings is 1. The van der Waals surface area contributed by atoms with Gasteiger partial charge in [0.05, 0.1) is 6.10 Å². The van der Waals surface area contributed by atoms with Crippen LogP contribution >= 0.6 is 11.3 Å². The van der Waals surface area contributed by atoms with Crippen molar-refractivity contribution in [1.82, 2.24) is 0 Å². The fourth-order valence-electron chi connectivity index (χ4n) is 1.29. The van der Waals surface area contributed by atoms with Crippen molar-refractivity contribution in [2.45, 2.75) is 39.7 Å². The molecule has 0 bridgehead atoms. The van der Waals surface area contributed by atoms with E-state index in [1.54, 1.807) is 11.3 Å². The van der Waals surface area contributed by atoms with Crippen LogP contribution in [0, 0.1) is 13.8 Å². The van der Waals surface area contributed by atoms with E-state index >= 15 is 0 Å². The molecule has 78 valence electrons. The SMILES string of the molecule is C=C(C)CCC(O)c1cc(C)c(C)s1. The van der Waals surface area contributed by atoms with Crippen LogP contribution in [0.25, 0.3) is 0 Å². The Bertz CT molecular complexity index is 306. The summed E-state index contributed by atoms with van der Waals surface area (Å²) in [7, 11) is 0. The van der Waals surface area contributed by atoms with E-state index in [-0.39, 0.29) is 6.10 Å². The Hall–Kier alpha value is -0.600. The van der Waals surface area contributed by atoms with Crippen molar-refractivity contribution in [3.63, 3.8) is 0 Å². The molecule has 0 fully saturated rings. The molecule has 1 N–H and O–H groups in total. The van der Waals surface area contributed by atoms with Crippen LogP contribution in [0.2, 0.25) is 0 Å². The Morgan fingerprint density at radius 1 is 1.57 bits per heavy atom. The maximum absolute atomic E-state index is 9.88. The first-order valence-corrected chi connectivity index (χ1v) is 5.71. The fraction of sp³-hybridized carbons (Fsp3) is 0.500. The predicted octanol–water partition coefficient (Wildman–Crippen LogP) is 3.75. The van der Waals surface area contributed by atoms with Crippen molar-refractivity contribution in [1.29, 1.82) is 0 Å². The average molecular weight is 210 g/mol. The number of rotatable bonds is 4. The highest BCUT2D eigenvalue weighted by atomic mass is 32.1. The molecule has 0 aliphatic carbocycles. The lowest BCUT2D eigenvalue weighted by molar-refractivity contribution is 0.171. The van der Waals surface area contributed by atoms with Gasteiger partial charge in [0.25, 0.3) is 0 Å². The van der Waals surface area contributed by atoms with Crippen LogP contribution in [-0.2, 0) is 0 Å². The van der Waals surface area contributed by atoms with Gasteiger partial charge in [0.15, 0.2) is 0 Å². The zero-order valence-electron chi connectivity index (χ0n) is 9.13. The number of hydrogen-bond donors (Lipinski definition) is 1. The monoisotopic (exact) mass is 210 g/mol. The number of allylic oxidation sites excluding steroid dienone is 1. The molecule has 1 heterocycles. The topological polar surface area (TPSA) is 20.2 Å². The normalized spacial score (nSPS) is 12.9. The molecule has 1 unspecified atom stereocenters. The molecule has 1 aromatic heterocycles. The molecule has 0 radical (unpaired) electrons. The number of aliphatic hydroxyl groups excluding tert-OH is 1. The van der Waals surface area contributed by atoms with Gasteiger partial charge in [0, 0.05) is 9.75 Å². The van der Waals surface area contributed by atoms with E-state index in [0.29, 0.717) is 0 Å². The minimum atomic E-state index is -0.316. The summed E-state index contributed by atoms with van der Waals surface area (Å²) < 4.78 is 0. The van der Waals surface area contributed by atoms with E-state index in [9.17, 15) is 5.11 Å². The molecule has 0 saturated heterocycles. The summed E-state index contributed by atoms with van der Waals surface area (Å²) in [6.07, 6.45) is 1.37. The quantitative estimate of drug-likeness (QED) is 0.750. The van der Waals surface area contributed by atoms with E-state index in [1.807, 2.05) is 6.92 Å². The Morgan fingerprint density at radius 3 is 2.64 bits per heavy atom. The van der Waals surface area contributed by atoms with Crippen LogP contribution in [0.1, 0.15) is 41.2 Å². The third-order valence-corrected chi connectivity index (χ3v) is 3.61. The van der Waals surface area contributed by atoms with Crippen LogP contribution in [-0.4, -0.2) is 5.11 Å². The molecule has 14 heavy (non-hydrogen) atoms. The molecule has 2 heteroatoms. The summed E-state index contributed by atoms with van der Waals surface area (Å²) in [5.74, 6) is 0. The molecule has 1 rings (SSSR count). The van der Waals surface area contributed by atoms with Gasteiger partial charge in [0.2, 0.25) is 0 Å². The first kappa shape index (κ1) is 11.5. The second kappa shape index (κ2) is 4.76. The van der Waals surface area contributed by atoms with Crippen LogP contribution in [0.5, 0.6) is 0 Å². The molecule has 0 saturated carbocycles. The minimum absolute atomic E-state index is 0.316. The molecular weight excluding hydrogens is 192 g/mol. The van der Waals surface area contributed by atoms with E-state index < -0.39 is 0 Å². The summed E-state index contributed by atoms with van der Waals surface area (Å²) in [6.45, 7) is 10.0. The Kier molecular flexibility index (Phi) is 3.90. The van der Waals surface area contributed by atoms with Crippen LogP contribution in [0.15, 0.2) is 18.2 Å². The van der Waals surface area contributed by atoms with Gasteiger partial charge in [-0.1, -0.05) is 5.57 Å². The number of aryl methyl sites for hydroxylation is 2. The van der Waals surface area contributed by atoms with Gasteiger partial charge in [-0.15, -0.1) is 17.9 Å². The molecule has 0 aliphatic rings. The predicted molar refractivity (Wildman–Crippen MR) is 62.8 cm³/mol. The largest absolute Gasteiger partial charge is 0.388 e. The molecule has 0 spiro atoms. The molecule has 1 atom stereocenters. The Balaban J connectivity index is 2.60. The lowest BCUT2D eigenvalue weighted by Gasteiger charge is -2.07. The van der Waals surface area contributed by atoms with Gasteiger partial charge >= 0.3 is 0 Å². The highest BCUT2D eigenvalue weighted by Crippen LogP contribution is 2.29. The zero-order chi connectivity index (χ0) is 10.7. The molecule has 0 aromatic carbocycles. The second-order valence-corrected chi connectivity index (χ2v) is 5.19. The Labute approximate surface area is 90.1 Å². The van der Waals surface area contributed by atoms with Gasteiger partial charge in [-0.3, -0.25) is 0 Å². The third kappa shape index (κ3) is 2.96. The van der Waals surface area contributed by atoms with Gasteiger partial charge in [-0.05, 0) is 45.2 Å². The van der Waals surface area contributed by atoms with Crippen molar-refractivity contribution in [2.24, 2.45) is 0 Å². The maximum Gasteiger partial charge on any atom is 0.0885 e. The number of hydrogen-bond acceptors (Lipinski definition) is 2. The van der Waals surface area contributed by atoms with Gasteiger partial charge in [0.1, 0.15) is 0 Å². The highest BCUT2D eigenvalue weighted by molar-refractivity contribution is 7.12. The van der Waals surface area contributed by atoms with Gasteiger partial charge < -0.3 is 5.11 Å². The first-order valence-electron chi connectivity index (χ1n) is 4.90. The van der Waals surface area contributed by atoms with E-state index in [4.69, 9.17) is 0 Å². The molecule has 0 amide bonds. The lowest BCUT2D eigenvalue weighted by Crippen LogP contribution is -1.94. The van der Waals surface area contributed by atoms with Crippen molar-refractivity contribution in [2.75, 3.05) is 0 Å². The van der Waals surface area contributed by atoms with Crippen molar-refractivity contribution in [3.8, 4) is 0 Å². The highest BCUT2D eigenvalue weighted by Gasteiger charge is 2.11. The molecule has 1 aromatic rings. The van der Waals surface area contributed by atoms with Gasteiger partial charge in [-0.2, -0.15) is 0 Å². The summed E-state index contributed by atoms with van der Waals surface area (Å²) in [6, 6.07) is 2.09. The van der Waals surface area contributed by atoms with Crippen molar-refractivity contribution >= 4 is 11.3 Å². The van der Waals surface area contributed by atoms with Crippen LogP contribution in [0.4, 0.5) is 0 Å². The standard InChI is InChI=1S/C12H18OS/c1-8(2)5-6-11(13)12-7-9(3)10(4)14-12/h7,11,13H,1,5-6H2,2-4H3. The van der Waals surface area contributed by atoms with E-state index in [0.717, 1.165) is 23.3 Å². The smallest absolute Gasteiger partial charge is 0.0885 e. The summed E-state index contributed by atoms with van der Waals surface area (Å²) >= 11 is 1.69. The molecule has 1 nitrogen and oxygen atoms in total. The molecule has 0 aliphatic heterocycles. The zero-order valence-corrected chi connectivity index (χ0v) is 9.95. The summed E-state index contributed by atoms with van der Waals surface area (Å²) in [4.78, 5) is 2.38. The van der Waals surface area contributed by atoms with Crippen molar-refractivity contribution in [3.05, 3.63) is 33.5 Å². The van der Waals surface area contributed by atoms with Crippen molar-refractivity contribution < 1.29 is 5.11 Å². The third-order valence-electron chi connectivity index (χ3n) is 2.36. The van der Waals surface area contributed by atoms with E-state index in [2.05, 4.69) is 26.5 Å². The van der Waals surface area contributed by atoms with E-state index in [1.165, 1.54) is 10.4 Å². The molecular formula is C12H18OS. The lowest BCUT2D eigenvalue weighted by atomic mass is 10.1. The fourth-order valence-corrected chi connectivity index (χ4v) is 2.35. The second-order valence-electron chi connectivity index (χ2n) is 3.90. The first-order chi connectivity index (χ1) is 6.50. The minimum Gasteiger partial charge on any atom is -0.388 e. The maximum atomic E-state index is 9.88. The van der Waals surface area contributed by atoms with Gasteiger partial charge in [-0.25, -0.2) is 0 Å². The average Bonchev–Trinajstić information content (AvgIpc) is 2.43. The summed E-state index contributed by atoms with van der Waals surface area (Å²) in [5, 5.41) is 9.88. The summed E-state index contributed by atoms with van der Waals surface area (Å²) in [5.41, 5.74) is 2.41. The van der Waals surface area contributed by atoms with Crippen LogP contribution in [0.3, 0.4) is 0 Å². The Morgan fingerprint density at radius 2 is 2.21 bits per heavy atom. The number of aliphatic hydroxyl groups is 1. The van der Waals surface area contributed by atoms with Crippen LogP contribution < -0.4 is 0 Å².